The summed E-state index contributed by atoms with van der Waals surface area (Å²) in [7, 11) is 1.94. The molecule has 2 unspecified atom stereocenters. The molecule has 1 aromatic heterocycles. The number of nitrogens with two attached hydrogens (primary N) is 1. The molecule has 0 bridgehead atoms. The van der Waals surface area contributed by atoms with Crippen molar-refractivity contribution in [2.75, 3.05) is 18.4 Å². The summed E-state index contributed by atoms with van der Waals surface area (Å²) in [6, 6.07) is 1.15. The molecular formula is C13H21N5S. The molecule has 6 heteroatoms. The molecule has 3 N–H and O–H groups in total. The second kappa shape index (κ2) is 4.76. The van der Waals surface area contributed by atoms with E-state index in [1.54, 1.807) is 0 Å². The first kappa shape index (κ1) is 12.9. The van der Waals surface area contributed by atoms with Crippen LogP contribution in [0.4, 0.5) is 5.82 Å². The smallest absolute Gasteiger partial charge is 0.134 e. The fraction of sp³-hybridized carbons (Fsp3) is 0.692. The van der Waals surface area contributed by atoms with E-state index in [9.17, 15) is 0 Å². The van der Waals surface area contributed by atoms with Gasteiger partial charge in [-0.25, -0.2) is 0 Å². The molecule has 19 heavy (non-hydrogen) atoms. The molecule has 3 rings (SSSR count). The standard InChI is InChI=1S/C13H21N5S/c1-8-11(12(14)19)13(17(2)16-8)15-9-5-7-18-6-3-4-10(9)18/h9-10,15H,3-7H2,1-2H3,(H2,14,19). The van der Waals surface area contributed by atoms with Crippen molar-refractivity contribution in [3.05, 3.63) is 11.3 Å². The lowest BCUT2D eigenvalue weighted by Gasteiger charge is -2.22. The summed E-state index contributed by atoms with van der Waals surface area (Å²) in [6.45, 7) is 4.40. The molecule has 0 amide bonds. The Morgan fingerprint density at radius 3 is 2.95 bits per heavy atom. The van der Waals surface area contributed by atoms with Gasteiger partial charge in [-0.15, -0.1) is 0 Å². The van der Waals surface area contributed by atoms with Crippen molar-refractivity contribution in [1.29, 1.82) is 0 Å². The number of nitrogens with zero attached hydrogens (tertiary/aromatic N) is 3. The van der Waals surface area contributed by atoms with Crippen LogP contribution in [0.5, 0.6) is 0 Å². The van der Waals surface area contributed by atoms with Gasteiger partial charge in [0, 0.05) is 25.7 Å². The Kier molecular flexibility index (Phi) is 3.22. The second-order valence-electron chi connectivity index (χ2n) is 5.58. The van der Waals surface area contributed by atoms with Gasteiger partial charge in [0.25, 0.3) is 0 Å². The molecule has 2 saturated heterocycles. The third-order valence-electron chi connectivity index (χ3n) is 4.40. The van der Waals surface area contributed by atoms with E-state index in [2.05, 4.69) is 15.3 Å². The zero-order valence-corrected chi connectivity index (χ0v) is 12.3. The Hall–Kier alpha value is -1.14. The van der Waals surface area contributed by atoms with E-state index >= 15 is 0 Å². The van der Waals surface area contributed by atoms with Crippen molar-refractivity contribution in [2.24, 2.45) is 12.8 Å². The summed E-state index contributed by atoms with van der Waals surface area (Å²) >= 11 is 5.16. The van der Waals surface area contributed by atoms with Gasteiger partial charge in [0.2, 0.25) is 0 Å². The summed E-state index contributed by atoms with van der Waals surface area (Å²) < 4.78 is 1.86. The summed E-state index contributed by atoms with van der Waals surface area (Å²) in [5.41, 5.74) is 7.64. The highest BCUT2D eigenvalue weighted by atomic mass is 32.1. The Labute approximate surface area is 119 Å². The average Bonchev–Trinajstić information content (AvgIpc) is 2.97. The molecular weight excluding hydrogens is 258 g/mol. The maximum atomic E-state index is 5.84. The predicted octanol–water partition coefficient (Wildman–Crippen LogP) is 1.01. The zero-order valence-electron chi connectivity index (χ0n) is 11.5. The maximum absolute atomic E-state index is 5.84. The van der Waals surface area contributed by atoms with Crippen molar-refractivity contribution < 1.29 is 0 Å². The van der Waals surface area contributed by atoms with Gasteiger partial charge in [0.15, 0.2) is 0 Å². The number of rotatable bonds is 3. The van der Waals surface area contributed by atoms with Crippen LogP contribution in [0.1, 0.15) is 30.5 Å². The van der Waals surface area contributed by atoms with Crippen molar-refractivity contribution in [2.45, 2.75) is 38.3 Å². The molecule has 5 nitrogen and oxygen atoms in total. The molecule has 0 spiro atoms. The lowest BCUT2D eigenvalue weighted by molar-refractivity contribution is 0.318. The van der Waals surface area contributed by atoms with Crippen LogP contribution in [-0.2, 0) is 7.05 Å². The third kappa shape index (κ3) is 2.12. The molecule has 1 aromatic rings. The van der Waals surface area contributed by atoms with Crippen LogP contribution >= 0.6 is 12.2 Å². The van der Waals surface area contributed by atoms with Crippen molar-refractivity contribution >= 4 is 23.0 Å². The fourth-order valence-electron chi connectivity index (χ4n) is 3.55. The quantitative estimate of drug-likeness (QED) is 0.809. The highest BCUT2D eigenvalue weighted by Gasteiger charge is 2.37. The topological polar surface area (TPSA) is 59.1 Å². The van der Waals surface area contributed by atoms with Gasteiger partial charge in [0.05, 0.1) is 11.3 Å². The van der Waals surface area contributed by atoms with Crippen LogP contribution in [0.3, 0.4) is 0 Å². The second-order valence-corrected chi connectivity index (χ2v) is 6.02. The van der Waals surface area contributed by atoms with E-state index in [1.807, 2.05) is 18.7 Å². The van der Waals surface area contributed by atoms with Crippen LogP contribution in [0.15, 0.2) is 0 Å². The highest BCUT2D eigenvalue weighted by molar-refractivity contribution is 7.80. The van der Waals surface area contributed by atoms with Gasteiger partial charge in [-0.2, -0.15) is 5.10 Å². The van der Waals surface area contributed by atoms with E-state index < -0.39 is 0 Å². The van der Waals surface area contributed by atoms with E-state index in [-0.39, 0.29) is 0 Å². The molecule has 0 aromatic carbocycles. The number of anilines is 1. The summed E-state index contributed by atoms with van der Waals surface area (Å²) in [6.07, 6.45) is 3.79. The average molecular weight is 279 g/mol. The van der Waals surface area contributed by atoms with Crippen LogP contribution in [0.25, 0.3) is 0 Å². The molecule has 0 radical (unpaired) electrons. The molecule has 2 aliphatic rings. The fourth-order valence-corrected chi connectivity index (χ4v) is 3.79. The molecule has 3 heterocycles. The number of aromatic nitrogens is 2. The van der Waals surface area contributed by atoms with Gasteiger partial charge in [-0.1, -0.05) is 12.2 Å². The molecule has 104 valence electrons. The normalized spacial score (nSPS) is 26.6. The maximum Gasteiger partial charge on any atom is 0.134 e. The number of aryl methyl sites for hydroxylation is 2. The van der Waals surface area contributed by atoms with Gasteiger partial charge >= 0.3 is 0 Å². The predicted molar refractivity (Wildman–Crippen MR) is 80.5 cm³/mol. The molecule has 0 aliphatic carbocycles. The number of nitrogens with one attached hydrogen (secondary N) is 1. The monoisotopic (exact) mass is 279 g/mol. The van der Waals surface area contributed by atoms with E-state index in [1.165, 1.54) is 32.4 Å². The van der Waals surface area contributed by atoms with Gasteiger partial charge in [-0.3, -0.25) is 9.58 Å². The Balaban J connectivity index is 1.85. The van der Waals surface area contributed by atoms with Crippen molar-refractivity contribution in [3.8, 4) is 0 Å². The number of hydrogen-bond donors (Lipinski definition) is 2. The summed E-state index contributed by atoms with van der Waals surface area (Å²) in [4.78, 5) is 3.01. The minimum absolute atomic E-state index is 0.425. The van der Waals surface area contributed by atoms with Crippen LogP contribution in [-0.4, -0.2) is 44.8 Å². The van der Waals surface area contributed by atoms with Gasteiger partial charge in [0.1, 0.15) is 10.8 Å². The van der Waals surface area contributed by atoms with E-state index in [4.69, 9.17) is 18.0 Å². The molecule has 2 atom stereocenters. The minimum Gasteiger partial charge on any atom is -0.389 e. The largest absolute Gasteiger partial charge is 0.389 e. The zero-order chi connectivity index (χ0) is 13.6. The lowest BCUT2D eigenvalue weighted by atomic mass is 10.1. The highest BCUT2D eigenvalue weighted by Crippen LogP contribution is 2.31. The van der Waals surface area contributed by atoms with E-state index in [0.717, 1.165) is 17.1 Å². The lowest BCUT2D eigenvalue weighted by Crippen LogP contribution is -2.34. The van der Waals surface area contributed by atoms with Gasteiger partial charge < -0.3 is 11.1 Å². The van der Waals surface area contributed by atoms with E-state index in [0.29, 0.717) is 17.1 Å². The number of thiocarbonyl (C=S) groups is 1. The van der Waals surface area contributed by atoms with Crippen molar-refractivity contribution in [1.82, 2.24) is 14.7 Å². The molecule has 2 aliphatic heterocycles. The van der Waals surface area contributed by atoms with Crippen LogP contribution < -0.4 is 11.1 Å². The van der Waals surface area contributed by atoms with Crippen LogP contribution in [0, 0.1) is 6.92 Å². The first-order valence-electron chi connectivity index (χ1n) is 6.92. The Bertz CT molecular complexity index is 509. The van der Waals surface area contributed by atoms with Crippen molar-refractivity contribution in [3.63, 3.8) is 0 Å². The summed E-state index contributed by atoms with van der Waals surface area (Å²) in [5, 5.41) is 8.08. The first-order valence-corrected chi connectivity index (χ1v) is 7.32. The first-order chi connectivity index (χ1) is 9.08. The Morgan fingerprint density at radius 2 is 2.21 bits per heavy atom. The van der Waals surface area contributed by atoms with Gasteiger partial charge in [-0.05, 0) is 32.7 Å². The number of hydrogen-bond acceptors (Lipinski definition) is 4. The minimum atomic E-state index is 0.425. The van der Waals surface area contributed by atoms with Crippen LogP contribution in [0.2, 0.25) is 0 Å². The Morgan fingerprint density at radius 1 is 1.42 bits per heavy atom. The number of fused-ring (bicyclic) bond motifs is 1. The SMILES string of the molecule is Cc1nn(C)c(NC2CCN3CCCC23)c1C(N)=S. The third-order valence-corrected chi connectivity index (χ3v) is 4.60. The molecule has 0 saturated carbocycles. The summed E-state index contributed by atoms with van der Waals surface area (Å²) in [5.74, 6) is 0.976. The molecule has 2 fully saturated rings.